The van der Waals surface area contributed by atoms with Crippen molar-refractivity contribution in [3.05, 3.63) is 35.4 Å². The van der Waals surface area contributed by atoms with Crippen molar-refractivity contribution in [1.29, 1.82) is 0 Å². The fourth-order valence-electron chi connectivity index (χ4n) is 2.42. The molecule has 2 aliphatic rings. The third kappa shape index (κ3) is 2.64. The molecule has 1 N–H and O–H groups in total. The molecule has 0 spiro atoms. The number of rotatable bonds is 1. The summed E-state index contributed by atoms with van der Waals surface area (Å²) >= 11 is 0. The second-order valence-corrected chi connectivity index (χ2v) is 4.49. The molecule has 1 aromatic rings. The van der Waals surface area contributed by atoms with Crippen LogP contribution in [-0.2, 0) is 9.59 Å². The molecule has 0 radical (unpaired) electrons. The number of hydrogen-bond acceptors (Lipinski definition) is 4. The Morgan fingerprint density at radius 1 is 0.952 bits per heavy atom. The molecule has 1 unspecified atom stereocenters. The quantitative estimate of drug-likeness (QED) is 0.776. The smallest absolute Gasteiger partial charge is 0.262 e. The van der Waals surface area contributed by atoms with Gasteiger partial charge < -0.3 is 0 Å². The average Bonchev–Trinajstić information content (AvgIpc) is 2.64. The van der Waals surface area contributed by atoms with E-state index in [0.29, 0.717) is 11.1 Å². The highest BCUT2D eigenvalue weighted by atomic mass is 35.5. The van der Waals surface area contributed by atoms with Crippen LogP contribution >= 0.6 is 24.8 Å². The summed E-state index contributed by atoms with van der Waals surface area (Å²) in [4.78, 5) is 48.1. The van der Waals surface area contributed by atoms with E-state index in [-0.39, 0.29) is 43.6 Å². The molecule has 2 aliphatic heterocycles. The zero-order valence-electron chi connectivity index (χ0n) is 10.7. The summed E-state index contributed by atoms with van der Waals surface area (Å²) in [7, 11) is 0. The van der Waals surface area contributed by atoms with Crippen LogP contribution in [0.2, 0.25) is 0 Å². The molecule has 21 heavy (non-hydrogen) atoms. The Morgan fingerprint density at radius 3 is 1.95 bits per heavy atom. The Hall–Kier alpha value is -1.92. The van der Waals surface area contributed by atoms with Gasteiger partial charge in [-0.2, -0.15) is 0 Å². The lowest BCUT2D eigenvalue weighted by molar-refractivity contribution is -0.136. The SMILES string of the molecule is Cl.Cl.O=C1CCC(N2C(=O)c3ccccc3C2=O)C(=O)N1. The molecule has 112 valence electrons. The van der Waals surface area contributed by atoms with E-state index in [2.05, 4.69) is 5.32 Å². The summed E-state index contributed by atoms with van der Waals surface area (Å²) in [5.74, 6) is -1.92. The van der Waals surface area contributed by atoms with E-state index in [9.17, 15) is 19.2 Å². The monoisotopic (exact) mass is 330 g/mol. The summed E-state index contributed by atoms with van der Waals surface area (Å²) in [6.45, 7) is 0. The molecular formula is C13H12Cl2N2O4. The van der Waals surface area contributed by atoms with Crippen molar-refractivity contribution in [2.24, 2.45) is 0 Å². The lowest BCUT2D eigenvalue weighted by atomic mass is 10.0. The Morgan fingerprint density at radius 2 is 1.48 bits per heavy atom. The maximum Gasteiger partial charge on any atom is 0.262 e. The summed E-state index contributed by atoms with van der Waals surface area (Å²) < 4.78 is 0. The van der Waals surface area contributed by atoms with Crippen LogP contribution in [-0.4, -0.2) is 34.6 Å². The number of fused-ring (bicyclic) bond motifs is 1. The number of nitrogens with zero attached hydrogens (tertiary/aromatic N) is 1. The number of imide groups is 2. The van der Waals surface area contributed by atoms with Crippen LogP contribution in [0.25, 0.3) is 0 Å². The van der Waals surface area contributed by atoms with E-state index in [0.717, 1.165) is 4.90 Å². The Labute approximate surface area is 132 Å². The highest BCUT2D eigenvalue weighted by Crippen LogP contribution is 2.26. The summed E-state index contributed by atoms with van der Waals surface area (Å²) in [6.07, 6.45) is 0.306. The molecule has 1 saturated heterocycles. The molecule has 0 saturated carbocycles. The number of piperidine rings is 1. The maximum atomic E-state index is 12.2. The van der Waals surface area contributed by atoms with E-state index >= 15 is 0 Å². The summed E-state index contributed by atoms with van der Waals surface area (Å²) in [5.41, 5.74) is 0.606. The molecule has 4 amide bonds. The van der Waals surface area contributed by atoms with Gasteiger partial charge in [0.1, 0.15) is 6.04 Å². The number of nitrogens with one attached hydrogen (secondary N) is 1. The first kappa shape index (κ1) is 17.1. The number of carbonyl (C=O) groups excluding carboxylic acids is 4. The van der Waals surface area contributed by atoms with Gasteiger partial charge in [0.25, 0.3) is 11.8 Å². The van der Waals surface area contributed by atoms with E-state index in [1.54, 1.807) is 24.3 Å². The summed E-state index contributed by atoms with van der Waals surface area (Å²) in [6, 6.07) is 5.55. The number of amides is 4. The van der Waals surface area contributed by atoms with Crippen LogP contribution in [0.1, 0.15) is 33.6 Å². The van der Waals surface area contributed by atoms with Gasteiger partial charge in [-0.15, -0.1) is 24.8 Å². The largest absolute Gasteiger partial charge is 0.295 e. The number of benzene rings is 1. The molecule has 1 atom stereocenters. The topological polar surface area (TPSA) is 83.6 Å². The highest BCUT2D eigenvalue weighted by Gasteiger charge is 2.44. The van der Waals surface area contributed by atoms with Gasteiger partial charge in [0.2, 0.25) is 11.8 Å². The normalized spacial score (nSPS) is 20.4. The van der Waals surface area contributed by atoms with Crippen LogP contribution in [0, 0.1) is 0 Å². The molecule has 2 heterocycles. The number of hydrogen-bond donors (Lipinski definition) is 1. The predicted octanol–water partition coefficient (Wildman–Crippen LogP) is 0.931. The fourth-order valence-corrected chi connectivity index (χ4v) is 2.42. The van der Waals surface area contributed by atoms with Gasteiger partial charge >= 0.3 is 0 Å². The van der Waals surface area contributed by atoms with Gasteiger partial charge in [-0.05, 0) is 18.6 Å². The first-order valence-corrected chi connectivity index (χ1v) is 5.90. The van der Waals surface area contributed by atoms with Crippen molar-refractivity contribution in [2.75, 3.05) is 0 Å². The van der Waals surface area contributed by atoms with E-state index in [1.807, 2.05) is 0 Å². The minimum atomic E-state index is -0.898. The van der Waals surface area contributed by atoms with Gasteiger partial charge in [-0.1, -0.05) is 12.1 Å². The molecule has 0 bridgehead atoms. The first-order valence-electron chi connectivity index (χ1n) is 5.90. The van der Waals surface area contributed by atoms with Gasteiger partial charge in [0, 0.05) is 6.42 Å². The Balaban J connectivity index is 0.00000110. The van der Waals surface area contributed by atoms with Crippen molar-refractivity contribution in [2.45, 2.75) is 18.9 Å². The fraction of sp³-hybridized carbons (Fsp3) is 0.231. The number of carbonyl (C=O) groups is 4. The maximum absolute atomic E-state index is 12.2. The van der Waals surface area contributed by atoms with Crippen LogP contribution in [0.3, 0.4) is 0 Å². The molecule has 1 fully saturated rings. The third-order valence-corrected chi connectivity index (χ3v) is 3.35. The highest BCUT2D eigenvalue weighted by molar-refractivity contribution is 6.23. The second kappa shape index (κ2) is 6.24. The van der Waals surface area contributed by atoms with Gasteiger partial charge in [0.15, 0.2) is 0 Å². The Kier molecular flexibility index (Phi) is 5.09. The van der Waals surface area contributed by atoms with E-state index < -0.39 is 23.8 Å². The third-order valence-electron chi connectivity index (χ3n) is 3.35. The van der Waals surface area contributed by atoms with Crippen LogP contribution in [0.15, 0.2) is 24.3 Å². The van der Waals surface area contributed by atoms with Crippen LogP contribution in [0.5, 0.6) is 0 Å². The molecule has 0 aliphatic carbocycles. The second-order valence-electron chi connectivity index (χ2n) is 4.49. The van der Waals surface area contributed by atoms with Gasteiger partial charge in [0.05, 0.1) is 11.1 Å². The molecule has 6 nitrogen and oxygen atoms in total. The van der Waals surface area contributed by atoms with Gasteiger partial charge in [-0.3, -0.25) is 29.4 Å². The van der Waals surface area contributed by atoms with Crippen molar-refractivity contribution in [3.8, 4) is 0 Å². The zero-order chi connectivity index (χ0) is 13.6. The summed E-state index contributed by atoms with van der Waals surface area (Å²) in [5, 5.41) is 2.15. The standard InChI is InChI=1S/C13H10N2O4.2ClH/c16-10-6-5-9(11(17)14-10)15-12(18)7-3-1-2-4-8(7)13(15)19;;/h1-4,9H,5-6H2,(H,14,16,17);2*1H. The average molecular weight is 331 g/mol. The van der Waals surface area contributed by atoms with Crippen molar-refractivity contribution < 1.29 is 19.2 Å². The lowest BCUT2D eigenvalue weighted by Gasteiger charge is -2.27. The molecular weight excluding hydrogens is 319 g/mol. The minimum Gasteiger partial charge on any atom is -0.295 e. The first-order chi connectivity index (χ1) is 9.09. The lowest BCUT2D eigenvalue weighted by Crippen LogP contribution is -2.54. The zero-order valence-corrected chi connectivity index (χ0v) is 12.3. The van der Waals surface area contributed by atoms with E-state index in [1.165, 1.54) is 0 Å². The van der Waals surface area contributed by atoms with Crippen molar-refractivity contribution >= 4 is 48.4 Å². The van der Waals surface area contributed by atoms with Crippen molar-refractivity contribution in [1.82, 2.24) is 10.2 Å². The Bertz CT molecular complexity index is 597. The predicted molar refractivity (Wildman–Crippen MR) is 77.6 cm³/mol. The van der Waals surface area contributed by atoms with Crippen LogP contribution < -0.4 is 5.32 Å². The number of halogens is 2. The molecule has 1 aromatic carbocycles. The molecule has 3 rings (SSSR count). The van der Waals surface area contributed by atoms with Crippen LogP contribution in [0.4, 0.5) is 0 Å². The van der Waals surface area contributed by atoms with Gasteiger partial charge in [-0.25, -0.2) is 0 Å². The molecule has 0 aromatic heterocycles. The van der Waals surface area contributed by atoms with Crippen molar-refractivity contribution in [3.63, 3.8) is 0 Å². The minimum absolute atomic E-state index is 0. The molecule has 8 heteroatoms. The van der Waals surface area contributed by atoms with E-state index in [4.69, 9.17) is 0 Å².